The van der Waals surface area contributed by atoms with Gasteiger partial charge in [0.1, 0.15) is 5.75 Å². The highest BCUT2D eigenvalue weighted by Gasteiger charge is 2.59. The molecule has 1 aromatic rings. The molecule has 2 saturated carbocycles. The van der Waals surface area contributed by atoms with Gasteiger partial charge in [0.05, 0.1) is 11.6 Å². The molecule has 1 unspecified atom stereocenters. The zero-order chi connectivity index (χ0) is 15.3. The van der Waals surface area contributed by atoms with Crippen molar-refractivity contribution < 1.29 is 4.74 Å². The van der Waals surface area contributed by atoms with Crippen LogP contribution in [-0.4, -0.2) is 12.6 Å². The van der Waals surface area contributed by atoms with Gasteiger partial charge in [-0.05, 0) is 61.1 Å². The van der Waals surface area contributed by atoms with Crippen molar-refractivity contribution in [2.24, 2.45) is 16.7 Å². The Balaban J connectivity index is 1.82. The summed E-state index contributed by atoms with van der Waals surface area (Å²) in [4.78, 5) is 0. The van der Waals surface area contributed by atoms with Crippen LogP contribution in [0, 0.1) is 16.7 Å². The van der Waals surface area contributed by atoms with Crippen LogP contribution in [0.1, 0.15) is 47.0 Å². The van der Waals surface area contributed by atoms with Gasteiger partial charge in [-0.15, -0.1) is 0 Å². The summed E-state index contributed by atoms with van der Waals surface area (Å²) in [7, 11) is 0. The quantitative estimate of drug-likeness (QED) is 0.808. The first-order chi connectivity index (χ1) is 9.87. The number of hydrogen-bond donors (Lipinski definition) is 1. The number of rotatable bonds is 4. The molecule has 1 aromatic carbocycles. The number of halogens is 1. The molecule has 116 valence electrons. The molecule has 3 heteroatoms. The van der Waals surface area contributed by atoms with E-state index in [4.69, 9.17) is 16.3 Å². The van der Waals surface area contributed by atoms with Crippen LogP contribution in [0.2, 0.25) is 5.02 Å². The lowest BCUT2D eigenvalue weighted by Crippen LogP contribution is -2.45. The first kappa shape index (κ1) is 15.0. The lowest BCUT2D eigenvalue weighted by molar-refractivity contribution is 0.155. The maximum Gasteiger partial charge on any atom is 0.138 e. The van der Waals surface area contributed by atoms with E-state index in [9.17, 15) is 0 Å². The van der Waals surface area contributed by atoms with Crippen molar-refractivity contribution in [1.82, 2.24) is 0 Å². The van der Waals surface area contributed by atoms with Crippen LogP contribution in [0.15, 0.2) is 18.2 Å². The molecule has 2 aliphatic carbocycles. The van der Waals surface area contributed by atoms with Gasteiger partial charge < -0.3 is 10.1 Å². The molecular formula is C18H26ClNO. The van der Waals surface area contributed by atoms with Crippen LogP contribution < -0.4 is 10.1 Å². The van der Waals surface area contributed by atoms with E-state index < -0.39 is 0 Å². The fourth-order valence-electron chi connectivity index (χ4n) is 4.69. The number of fused-ring (bicyclic) bond motifs is 2. The minimum Gasteiger partial charge on any atom is -0.492 e. The molecule has 0 spiro atoms. The Morgan fingerprint density at radius 3 is 2.67 bits per heavy atom. The molecule has 2 bridgehead atoms. The zero-order valence-corrected chi connectivity index (χ0v) is 14.3. The van der Waals surface area contributed by atoms with E-state index in [1.807, 2.05) is 19.1 Å². The van der Waals surface area contributed by atoms with Crippen molar-refractivity contribution >= 4 is 17.3 Å². The Hall–Kier alpha value is -0.890. The summed E-state index contributed by atoms with van der Waals surface area (Å²) in [6.45, 7) is 9.88. The molecule has 0 heterocycles. The molecule has 0 aliphatic heterocycles. The Labute approximate surface area is 133 Å². The van der Waals surface area contributed by atoms with E-state index in [0.717, 1.165) is 17.4 Å². The van der Waals surface area contributed by atoms with Crippen LogP contribution in [0.25, 0.3) is 0 Å². The third kappa shape index (κ3) is 2.42. The van der Waals surface area contributed by atoms with E-state index in [1.54, 1.807) is 0 Å². The van der Waals surface area contributed by atoms with Crippen LogP contribution >= 0.6 is 11.6 Å². The number of anilines is 1. The monoisotopic (exact) mass is 307 g/mol. The first-order valence-electron chi connectivity index (χ1n) is 8.06. The van der Waals surface area contributed by atoms with Gasteiger partial charge in [-0.1, -0.05) is 32.4 Å². The topological polar surface area (TPSA) is 21.3 Å². The third-order valence-electron chi connectivity index (χ3n) is 5.81. The van der Waals surface area contributed by atoms with Crippen molar-refractivity contribution in [1.29, 1.82) is 0 Å². The summed E-state index contributed by atoms with van der Waals surface area (Å²) in [6, 6.07) is 6.56. The summed E-state index contributed by atoms with van der Waals surface area (Å²) in [6.07, 6.45) is 4.07. The first-order valence-corrected chi connectivity index (χ1v) is 8.43. The van der Waals surface area contributed by atoms with Crippen LogP contribution in [0.4, 0.5) is 5.69 Å². The lowest BCUT2D eigenvalue weighted by Gasteiger charge is -2.43. The van der Waals surface area contributed by atoms with Crippen LogP contribution in [0.3, 0.4) is 0 Å². The Bertz CT molecular complexity index is 537. The lowest BCUT2D eigenvalue weighted by atomic mass is 9.68. The minimum absolute atomic E-state index is 0.345. The number of nitrogens with one attached hydrogen (secondary N) is 1. The maximum atomic E-state index is 6.31. The maximum absolute atomic E-state index is 6.31. The number of benzene rings is 1. The molecule has 3 atom stereocenters. The van der Waals surface area contributed by atoms with Gasteiger partial charge in [0, 0.05) is 11.7 Å². The van der Waals surface area contributed by atoms with Gasteiger partial charge in [0.15, 0.2) is 0 Å². The Kier molecular flexibility index (Phi) is 3.64. The second-order valence-electron chi connectivity index (χ2n) is 7.57. The highest BCUT2D eigenvalue weighted by Crippen LogP contribution is 2.63. The van der Waals surface area contributed by atoms with Crippen molar-refractivity contribution in [3.8, 4) is 5.75 Å². The number of ether oxygens (including phenoxy) is 1. The molecule has 0 saturated heterocycles. The van der Waals surface area contributed by atoms with E-state index in [0.29, 0.717) is 28.5 Å². The van der Waals surface area contributed by atoms with Gasteiger partial charge in [0.25, 0.3) is 0 Å². The molecule has 21 heavy (non-hydrogen) atoms. The molecular weight excluding hydrogens is 282 g/mol. The van der Waals surface area contributed by atoms with E-state index in [2.05, 4.69) is 32.2 Å². The molecule has 1 N–H and O–H groups in total. The van der Waals surface area contributed by atoms with Crippen molar-refractivity contribution in [2.75, 3.05) is 11.9 Å². The third-order valence-corrected chi connectivity index (χ3v) is 6.11. The molecule has 2 nitrogen and oxygen atoms in total. The van der Waals surface area contributed by atoms with Gasteiger partial charge in [0.2, 0.25) is 0 Å². The average molecular weight is 308 g/mol. The Morgan fingerprint density at radius 1 is 1.33 bits per heavy atom. The standard InChI is InChI=1S/C18H26ClNO/c1-5-21-15-7-6-13(10-14(15)19)20-16-17(2,3)12-8-9-18(16,4)11-12/h6-7,10,12,16,20H,5,8-9,11H2,1-4H3/t12-,16?,18+/m0/s1. The van der Waals surface area contributed by atoms with Gasteiger partial charge >= 0.3 is 0 Å². The number of hydrogen-bond acceptors (Lipinski definition) is 2. The molecule has 0 aromatic heterocycles. The SMILES string of the molecule is CCOc1ccc(NC2C(C)(C)[C@H]3CC[C@]2(C)C3)cc1Cl. The Morgan fingerprint density at radius 2 is 2.10 bits per heavy atom. The minimum atomic E-state index is 0.345. The van der Waals surface area contributed by atoms with Crippen molar-refractivity contribution in [3.05, 3.63) is 23.2 Å². The largest absolute Gasteiger partial charge is 0.492 e. The van der Waals surface area contributed by atoms with E-state index in [1.165, 1.54) is 19.3 Å². The van der Waals surface area contributed by atoms with Crippen molar-refractivity contribution in [2.45, 2.75) is 53.0 Å². The summed E-state index contributed by atoms with van der Waals surface area (Å²) >= 11 is 6.31. The van der Waals surface area contributed by atoms with E-state index >= 15 is 0 Å². The van der Waals surface area contributed by atoms with Crippen LogP contribution in [-0.2, 0) is 0 Å². The molecule has 0 radical (unpaired) electrons. The smallest absolute Gasteiger partial charge is 0.138 e. The van der Waals surface area contributed by atoms with Crippen LogP contribution in [0.5, 0.6) is 5.75 Å². The highest BCUT2D eigenvalue weighted by atomic mass is 35.5. The summed E-state index contributed by atoms with van der Waals surface area (Å²) in [5, 5.41) is 4.46. The predicted molar refractivity (Wildman–Crippen MR) is 89.3 cm³/mol. The fraction of sp³-hybridized carbons (Fsp3) is 0.667. The van der Waals surface area contributed by atoms with Crippen molar-refractivity contribution in [3.63, 3.8) is 0 Å². The second kappa shape index (κ2) is 5.08. The zero-order valence-electron chi connectivity index (χ0n) is 13.5. The molecule has 0 amide bonds. The van der Waals surface area contributed by atoms with E-state index in [-0.39, 0.29) is 0 Å². The normalized spacial score (nSPS) is 33.2. The highest BCUT2D eigenvalue weighted by molar-refractivity contribution is 6.32. The molecule has 2 aliphatic rings. The van der Waals surface area contributed by atoms with Gasteiger partial charge in [-0.3, -0.25) is 0 Å². The molecule has 2 fully saturated rings. The average Bonchev–Trinajstić information content (AvgIpc) is 2.89. The fourth-order valence-corrected chi connectivity index (χ4v) is 4.93. The predicted octanol–water partition coefficient (Wildman–Crippen LogP) is 5.37. The molecule has 3 rings (SSSR count). The second-order valence-corrected chi connectivity index (χ2v) is 7.98. The van der Waals surface area contributed by atoms with Gasteiger partial charge in [-0.25, -0.2) is 0 Å². The van der Waals surface area contributed by atoms with Gasteiger partial charge in [-0.2, -0.15) is 0 Å². The summed E-state index contributed by atoms with van der Waals surface area (Å²) in [5.41, 5.74) is 1.87. The summed E-state index contributed by atoms with van der Waals surface area (Å²) < 4.78 is 5.51. The summed E-state index contributed by atoms with van der Waals surface area (Å²) in [5.74, 6) is 1.61.